The van der Waals surface area contributed by atoms with Gasteiger partial charge in [0.05, 0.1) is 6.42 Å². The zero-order valence-corrected chi connectivity index (χ0v) is 10.4. The van der Waals surface area contributed by atoms with Crippen molar-refractivity contribution in [1.82, 2.24) is 0 Å². The molecule has 0 saturated heterocycles. The van der Waals surface area contributed by atoms with Crippen molar-refractivity contribution in [3.63, 3.8) is 0 Å². The lowest BCUT2D eigenvalue weighted by Crippen LogP contribution is -2.16. The molecule has 0 bridgehead atoms. The number of halogens is 1. The zero-order valence-electron chi connectivity index (χ0n) is 10.4. The molecule has 1 amide bonds. The second-order valence-corrected chi connectivity index (χ2v) is 4.20. The lowest BCUT2D eigenvalue weighted by molar-refractivity contribution is -0.115. The van der Waals surface area contributed by atoms with E-state index in [9.17, 15) is 9.18 Å². The molecular weight excluding hydrogens is 243 g/mol. The summed E-state index contributed by atoms with van der Waals surface area (Å²) in [6, 6.07) is 13.2. The van der Waals surface area contributed by atoms with Crippen molar-refractivity contribution in [2.75, 3.05) is 5.32 Å². The van der Waals surface area contributed by atoms with Crippen LogP contribution < -0.4 is 11.1 Å². The van der Waals surface area contributed by atoms with Gasteiger partial charge in [-0.2, -0.15) is 0 Å². The fourth-order valence-electron chi connectivity index (χ4n) is 1.84. The molecule has 98 valence electrons. The summed E-state index contributed by atoms with van der Waals surface area (Å²) in [5.74, 6) is -0.473. The number of amides is 1. The van der Waals surface area contributed by atoms with Gasteiger partial charge < -0.3 is 11.1 Å². The van der Waals surface area contributed by atoms with Crippen LogP contribution in [0, 0.1) is 5.82 Å². The third kappa shape index (κ3) is 3.63. The van der Waals surface area contributed by atoms with Crippen LogP contribution in [0.2, 0.25) is 0 Å². The van der Waals surface area contributed by atoms with Gasteiger partial charge >= 0.3 is 0 Å². The normalized spacial score (nSPS) is 10.2. The Morgan fingerprint density at radius 3 is 2.32 bits per heavy atom. The minimum absolute atomic E-state index is 0.146. The topological polar surface area (TPSA) is 55.1 Å². The van der Waals surface area contributed by atoms with E-state index in [-0.39, 0.29) is 18.1 Å². The van der Waals surface area contributed by atoms with Crippen molar-refractivity contribution < 1.29 is 9.18 Å². The average Bonchev–Trinajstić information content (AvgIpc) is 2.42. The molecule has 0 radical (unpaired) electrons. The molecule has 0 aliphatic rings. The van der Waals surface area contributed by atoms with Crippen molar-refractivity contribution in [3.05, 3.63) is 65.5 Å². The summed E-state index contributed by atoms with van der Waals surface area (Å²) >= 11 is 0. The van der Waals surface area contributed by atoms with Gasteiger partial charge in [-0.15, -0.1) is 0 Å². The lowest BCUT2D eigenvalue weighted by Gasteiger charge is -2.08. The van der Waals surface area contributed by atoms with E-state index in [1.54, 1.807) is 0 Å². The Morgan fingerprint density at radius 1 is 1.05 bits per heavy atom. The fourth-order valence-corrected chi connectivity index (χ4v) is 1.84. The summed E-state index contributed by atoms with van der Waals surface area (Å²) in [6.07, 6.45) is 0.255. The van der Waals surface area contributed by atoms with Crippen LogP contribution in [-0.2, 0) is 17.8 Å². The van der Waals surface area contributed by atoms with Crippen LogP contribution in [0.1, 0.15) is 11.1 Å². The van der Waals surface area contributed by atoms with Gasteiger partial charge in [-0.25, -0.2) is 4.39 Å². The molecule has 0 saturated carbocycles. The van der Waals surface area contributed by atoms with E-state index in [0.29, 0.717) is 12.2 Å². The first-order chi connectivity index (χ1) is 9.19. The van der Waals surface area contributed by atoms with Gasteiger partial charge in [-0.05, 0) is 35.4 Å². The number of hydrogen-bond donors (Lipinski definition) is 2. The summed E-state index contributed by atoms with van der Waals surface area (Å²) in [5, 5.41) is 2.72. The van der Waals surface area contributed by atoms with E-state index in [1.165, 1.54) is 24.3 Å². The largest absolute Gasteiger partial charge is 0.326 e. The fraction of sp³-hybridized carbons (Fsp3) is 0.133. The van der Waals surface area contributed by atoms with Gasteiger partial charge in [0.1, 0.15) is 5.82 Å². The second-order valence-electron chi connectivity index (χ2n) is 4.20. The first kappa shape index (κ1) is 13.2. The molecule has 4 heteroatoms. The Labute approximate surface area is 111 Å². The highest BCUT2D eigenvalue weighted by Crippen LogP contribution is 2.12. The van der Waals surface area contributed by atoms with Crippen LogP contribution in [-0.4, -0.2) is 5.91 Å². The first-order valence-corrected chi connectivity index (χ1v) is 6.01. The Balaban J connectivity index is 2.03. The van der Waals surface area contributed by atoms with Gasteiger partial charge in [0.2, 0.25) is 5.91 Å². The second kappa shape index (κ2) is 6.11. The maximum absolute atomic E-state index is 12.7. The van der Waals surface area contributed by atoms with Crippen molar-refractivity contribution in [1.29, 1.82) is 0 Å². The third-order valence-electron chi connectivity index (χ3n) is 2.82. The van der Waals surface area contributed by atoms with Crippen molar-refractivity contribution in [2.45, 2.75) is 13.0 Å². The van der Waals surface area contributed by atoms with Gasteiger partial charge in [-0.1, -0.05) is 24.3 Å². The van der Waals surface area contributed by atoms with Crippen LogP contribution in [0.25, 0.3) is 0 Å². The summed E-state index contributed by atoms with van der Waals surface area (Å²) < 4.78 is 12.7. The highest BCUT2D eigenvalue weighted by molar-refractivity contribution is 5.92. The van der Waals surface area contributed by atoms with E-state index in [0.717, 1.165) is 11.1 Å². The summed E-state index contributed by atoms with van der Waals surface area (Å²) in [7, 11) is 0. The molecule has 2 rings (SSSR count). The number of anilines is 1. The monoisotopic (exact) mass is 258 g/mol. The summed E-state index contributed by atoms with van der Waals surface area (Å²) in [6.45, 7) is 0.403. The SMILES string of the molecule is NCc1ccccc1CC(=O)Nc1ccc(F)cc1. The zero-order chi connectivity index (χ0) is 13.7. The first-order valence-electron chi connectivity index (χ1n) is 6.01. The minimum Gasteiger partial charge on any atom is -0.326 e. The number of benzene rings is 2. The smallest absolute Gasteiger partial charge is 0.228 e. The molecule has 0 atom stereocenters. The highest BCUT2D eigenvalue weighted by atomic mass is 19.1. The van der Waals surface area contributed by atoms with Gasteiger partial charge in [0.25, 0.3) is 0 Å². The lowest BCUT2D eigenvalue weighted by atomic mass is 10.0. The summed E-state index contributed by atoms with van der Waals surface area (Å²) in [4.78, 5) is 11.9. The maximum atomic E-state index is 12.7. The van der Waals surface area contributed by atoms with E-state index in [4.69, 9.17) is 5.73 Å². The van der Waals surface area contributed by atoms with E-state index in [1.807, 2.05) is 24.3 Å². The molecule has 0 spiro atoms. The van der Waals surface area contributed by atoms with Crippen molar-refractivity contribution >= 4 is 11.6 Å². The van der Waals surface area contributed by atoms with E-state index in [2.05, 4.69) is 5.32 Å². The number of hydrogen-bond acceptors (Lipinski definition) is 2. The standard InChI is InChI=1S/C15H15FN2O/c16-13-5-7-14(8-6-13)18-15(19)9-11-3-1-2-4-12(11)10-17/h1-8H,9-10,17H2,(H,18,19). The van der Waals surface area contributed by atoms with Crippen molar-refractivity contribution in [2.24, 2.45) is 5.73 Å². The molecular formula is C15H15FN2O. The Bertz CT molecular complexity index is 567. The third-order valence-corrected chi connectivity index (χ3v) is 2.82. The molecule has 0 aliphatic carbocycles. The summed E-state index contributed by atoms with van der Waals surface area (Å²) in [5.41, 5.74) is 8.06. The molecule has 0 unspecified atom stereocenters. The molecule has 0 fully saturated rings. The highest BCUT2D eigenvalue weighted by Gasteiger charge is 2.07. The number of carbonyl (C=O) groups is 1. The number of carbonyl (C=O) groups excluding carboxylic acids is 1. The van der Waals surface area contributed by atoms with Gasteiger partial charge in [-0.3, -0.25) is 4.79 Å². The van der Waals surface area contributed by atoms with Crippen molar-refractivity contribution in [3.8, 4) is 0 Å². The Kier molecular flexibility index (Phi) is 4.26. The predicted octanol–water partition coefficient (Wildman–Crippen LogP) is 2.47. The molecule has 3 nitrogen and oxygen atoms in total. The van der Waals surface area contributed by atoms with Crippen LogP contribution in [0.3, 0.4) is 0 Å². The molecule has 19 heavy (non-hydrogen) atoms. The molecule has 0 aliphatic heterocycles. The molecule has 0 aromatic heterocycles. The van der Waals surface area contributed by atoms with Gasteiger partial charge in [0.15, 0.2) is 0 Å². The molecule has 2 aromatic carbocycles. The van der Waals surface area contributed by atoms with Crippen LogP contribution >= 0.6 is 0 Å². The number of nitrogens with two attached hydrogens (primary N) is 1. The number of nitrogens with one attached hydrogen (secondary N) is 1. The molecule has 0 heterocycles. The van der Waals surface area contributed by atoms with Crippen LogP contribution in [0.15, 0.2) is 48.5 Å². The predicted molar refractivity (Wildman–Crippen MR) is 73.1 cm³/mol. The Morgan fingerprint density at radius 2 is 1.68 bits per heavy atom. The minimum atomic E-state index is -0.327. The Hall–Kier alpha value is -2.20. The van der Waals surface area contributed by atoms with Crippen LogP contribution in [0.4, 0.5) is 10.1 Å². The van der Waals surface area contributed by atoms with E-state index < -0.39 is 0 Å². The van der Waals surface area contributed by atoms with Crippen LogP contribution in [0.5, 0.6) is 0 Å². The molecule has 2 aromatic rings. The quantitative estimate of drug-likeness (QED) is 0.885. The average molecular weight is 258 g/mol. The van der Waals surface area contributed by atoms with E-state index >= 15 is 0 Å². The molecule has 3 N–H and O–H groups in total. The van der Waals surface area contributed by atoms with Gasteiger partial charge in [0, 0.05) is 12.2 Å². The maximum Gasteiger partial charge on any atom is 0.228 e. The number of rotatable bonds is 4.